The van der Waals surface area contributed by atoms with E-state index in [1.54, 1.807) is 0 Å². The molecular formula is C16H20N2O3S. The van der Waals surface area contributed by atoms with E-state index in [9.17, 15) is 9.59 Å². The topological polar surface area (TPSA) is 72.2 Å². The summed E-state index contributed by atoms with van der Waals surface area (Å²) >= 11 is 1.48. The predicted octanol–water partition coefficient (Wildman–Crippen LogP) is 3.32. The number of thiophene rings is 1. The molecule has 1 N–H and O–H groups in total. The number of carbonyl (C=O) groups is 2. The Hall–Kier alpha value is -1.95. The van der Waals surface area contributed by atoms with Crippen molar-refractivity contribution in [3.05, 3.63) is 40.1 Å². The van der Waals surface area contributed by atoms with Gasteiger partial charge < -0.3 is 9.67 Å². The molecule has 0 amide bonds. The fourth-order valence-corrected chi connectivity index (χ4v) is 3.24. The first-order chi connectivity index (χ1) is 10.6. The maximum absolute atomic E-state index is 11.8. The quantitative estimate of drug-likeness (QED) is 0.568. The second kappa shape index (κ2) is 7.89. The van der Waals surface area contributed by atoms with Crippen molar-refractivity contribution < 1.29 is 14.7 Å². The Balaban J connectivity index is 1.74. The van der Waals surface area contributed by atoms with Crippen LogP contribution in [0.4, 0.5) is 0 Å². The van der Waals surface area contributed by atoms with Gasteiger partial charge >= 0.3 is 5.97 Å². The molecule has 0 aliphatic heterocycles. The molecule has 0 aromatic carbocycles. The number of aliphatic carboxylic acids is 1. The fourth-order valence-electron chi connectivity index (χ4n) is 2.23. The van der Waals surface area contributed by atoms with Crippen LogP contribution in [-0.4, -0.2) is 26.4 Å². The number of Topliss-reactive ketones (excluding diaryl/α,β-unsaturated/α-hetero) is 1. The van der Waals surface area contributed by atoms with Crippen molar-refractivity contribution in [2.75, 3.05) is 0 Å². The van der Waals surface area contributed by atoms with E-state index in [2.05, 4.69) is 9.55 Å². The number of aryl methyl sites for hydroxylation is 3. The highest BCUT2D eigenvalue weighted by Gasteiger charge is 2.11. The number of carboxylic acid groups (broad SMARTS) is 1. The molecular weight excluding hydrogens is 300 g/mol. The maximum atomic E-state index is 11.8. The lowest BCUT2D eigenvalue weighted by Crippen LogP contribution is -2.01. The third-order valence-corrected chi connectivity index (χ3v) is 4.68. The monoisotopic (exact) mass is 320 g/mol. The van der Waals surface area contributed by atoms with E-state index in [0.717, 1.165) is 31.6 Å². The average Bonchev–Trinajstić information content (AvgIpc) is 3.10. The summed E-state index contributed by atoms with van der Waals surface area (Å²) in [7, 11) is 0. The van der Waals surface area contributed by atoms with Gasteiger partial charge in [-0.1, -0.05) is 0 Å². The van der Waals surface area contributed by atoms with Crippen LogP contribution >= 0.6 is 11.3 Å². The highest BCUT2D eigenvalue weighted by atomic mass is 32.1. The summed E-state index contributed by atoms with van der Waals surface area (Å²) in [6.45, 7) is 2.95. The Morgan fingerprint density at radius 2 is 2.09 bits per heavy atom. The molecule has 5 nitrogen and oxygen atoms in total. The molecule has 0 spiro atoms. The first kappa shape index (κ1) is 16.4. The van der Waals surface area contributed by atoms with Crippen LogP contribution in [0.25, 0.3) is 0 Å². The van der Waals surface area contributed by atoms with Crippen molar-refractivity contribution in [1.82, 2.24) is 9.55 Å². The lowest BCUT2D eigenvalue weighted by Gasteiger charge is -2.03. The third-order valence-electron chi connectivity index (χ3n) is 3.50. The van der Waals surface area contributed by atoms with E-state index in [4.69, 9.17) is 5.11 Å². The zero-order chi connectivity index (χ0) is 15.9. The van der Waals surface area contributed by atoms with Crippen molar-refractivity contribution >= 4 is 23.1 Å². The summed E-state index contributed by atoms with van der Waals surface area (Å²) in [5.41, 5.74) is 0. The molecule has 22 heavy (non-hydrogen) atoms. The first-order valence-corrected chi connectivity index (χ1v) is 8.19. The number of hydrogen-bond acceptors (Lipinski definition) is 4. The van der Waals surface area contributed by atoms with Crippen LogP contribution in [-0.2, 0) is 17.8 Å². The number of nitrogens with zero attached hydrogens (tertiary/aromatic N) is 2. The van der Waals surface area contributed by atoms with Gasteiger partial charge in [-0.25, -0.2) is 4.98 Å². The normalized spacial score (nSPS) is 10.8. The van der Waals surface area contributed by atoms with Gasteiger partial charge in [-0.3, -0.25) is 9.59 Å². The highest BCUT2D eigenvalue weighted by Crippen LogP contribution is 2.20. The van der Waals surface area contributed by atoms with Gasteiger partial charge in [-0.15, -0.1) is 11.3 Å². The van der Waals surface area contributed by atoms with Crippen LogP contribution in [0.15, 0.2) is 24.5 Å². The smallest absolute Gasteiger partial charge is 0.303 e. The predicted molar refractivity (Wildman–Crippen MR) is 85.4 cm³/mol. The number of hydrogen-bond donors (Lipinski definition) is 1. The number of rotatable bonds is 9. The molecule has 0 fully saturated rings. The van der Waals surface area contributed by atoms with E-state index < -0.39 is 5.97 Å². The summed E-state index contributed by atoms with van der Waals surface area (Å²) < 4.78 is 2.13. The van der Waals surface area contributed by atoms with Gasteiger partial charge in [0.1, 0.15) is 5.82 Å². The van der Waals surface area contributed by atoms with Gasteiger partial charge in [0.15, 0.2) is 5.78 Å². The van der Waals surface area contributed by atoms with Crippen LogP contribution in [0.3, 0.4) is 0 Å². The van der Waals surface area contributed by atoms with Gasteiger partial charge in [0.05, 0.1) is 11.3 Å². The molecule has 0 radical (unpaired) electrons. The standard InChI is InChI=1S/C16H20N2O3S/c1-12-17-9-11-18(12)10-3-2-4-13-5-7-15(22-13)14(19)6-8-16(20)21/h5,7,9,11H,2-4,6,8,10H2,1H3,(H,20,21). The van der Waals surface area contributed by atoms with Gasteiger partial charge in [0.2, 0.25) is 0 Å². The Bertz CT molecular complexity index is 645. The summed E-state index contributed by atoms with van der Waals surface area (Å²) in [4.78, 5) is 28.3. The Kier molecular flexibility index (Phi) is 5.89. The lowest BCUT2D eigenvalue weighted by molar-refractivity contribution is -0.136. The minimum atomic E-state index is -0.931. The summed E-state index contributed by atoms with van der Waals surface area (Å²) in [6.07, 6.45) is 6.84. The van der Waals surface area contributed by atoms with Crippen LogP contribution in [0.5, 0.6) is 0 Å². The molecule has 0 aliphatic rings. The number of aromatic nitrogens is 2. The molecule has 0 unspecified atom stereocenters. The second-order valence-electron chi connectivity index (χ2n) is 5.21. The highest BCUT2D eigenvalue weighted by molar-refractivity contribution is 7.14. The molecule has 2 rings (SSSR count). The molecule has 2 aromatic heterocycles. The SMILES string of the molecule is Cc1nccn1CCCCc1ccc(C(=O)CCC(=O)O)s1. The summed E-state index contributed by atoms with van der Waals surface area (Å²) in [5.74, 6) is 0.0232. The van der Waals surface area contributed by atoms with Gasteiger partial charge in [0, 0.05) is 30.2 Å². The summed E-state index contributed by atoms with van der Waals surface area (Å²) in [6, 6.07) is 3.78. The van der Waals surface area contributed by atoms with Crippen molar-refractivity contribution in [3.63, 3.8) is 0 Å². The number of carboxylic acids is 1. The zero-order valence-electron chi connectivity index (χ0n) is 12.6. The second-order valence-corrected chi connectivity index (χ2v) is 6.38. The van der Waals surface area contributed by atoms with E-state index >= 15 is 0 Å². The lowest BCUT2D eigenvalue weighted by atomic mass is 10.2. The molecule has 6 heteroatoms. The van der Waals surface area contributed by atoms with E-state index in [1.165, 1.54) is 16.2 Å². The van der Waals surface area contributed by atoms with Crippen molar-refractivity contribution in [3.8, 4) is 0 Å². The van der Waals surface area contributed by atoms with Crippen molar-refractivity contribution in [2.24, 2.45) is 0 Å². The van der Waals surface area contributed by atoms with Crippen LogP contribution < -0.4 is 0 Å². The minimum absolute atomic E-state index is 0.0762. The fraction of sp³-hybridized carbons (Fsp3) is 0.438. The molecule has 2 aromatic rings. The molecule has 0 atom stereocenters. The van der Waals surface area contributed by atoms with Gasteiger partial charge in [-0.2, -0.15) is 0 Å². The molecule has 0 saturated carbocycles. The molecule has 118 valence electrons. The molecule has 0 bridgehead atoms. The van der Waals surface area contributed by atoms with Crippen LogP contribution in [0.2, 0.25) is 0 Å². The Morgan fingerprint density at radius 3 is 2.77 bits per heavy atom. The maximum Gasteiger partial charge on any atom is 0.303 e. The molecule has 0 saturated heterocycles. The minimum Gasteiger partial charge on any atom is -0.481 e. The van der Waals surface area contributed by atoms with Crippen molar-refractivity contribution in [2.45, 2.75) is 45.6 Å². The number of ketones is 1. The van der Waals surface area contributed by atoms with Gasteiger partial charge in [-0.05, 0) is 38.3 Å². The third kappa shape index (κ3) is 4.80. The van der Waals surface area contributed by atoms with E-state index in [0.29, 0.717) is 4.88 Å². The number of carbonyl (C=O) groups excluding carboxylic acids is 1. The van der Waals surface area contributed by atoms with Crippen LogP contribution in [0, 0.1) is 6.92 Å². The number of unbranched alkanes of at least 4 members (excludes halogenated alkanes) is 1. The van der Waals surface area contributed by atoms with E-state index in [-0.39, 0.29) is 18.6 Å². The number of imidazole rings is 1. The Morgan fingerprint density at radius 1 is 1.27 bits per heavy atom. The first-order valence-electron chi connectivity index (χ1n) is 7.37. The zero-order valence-corrected chi connectivity index (χ0v) is 13.4. The Labute approximate surface area is 133 Å². The average molecular weight is 320 g/mol. The summed E-state index contributed by atoms with van der Waals surface area (Å²) in [5, 5.41) is 8.60. The van der Waals surface area contributed by atoms with E-state index in [1.807, 2.05) is 31.5 Å². The largest absolute Gasteiger partial charge is 0.481 e. The molecule has 0 aliphatic carbocycles. The van der Waals surface area contributed by atoms with Crippen LogP contribution in [0.1, 0.15) is 46.1 Å². The van der Waals surface area contributed by atoms with Gasteiger partial charge in [0.25, 0.3) is 0 Å². The molecule has 2 heterocycles. The van der Waals surface area contributed by atoms with Crippen molar-refractivity contribution in [1.29, 1.82) is 0 Å².